The summed E-state index contributed by atoms with van der Waals surface area (Å²) >= 11 is 7.35. The zero-order chi connectivity index (χ0) is 18.7. The maximum absolute atomic E-state index is 12.9. The van der Waals surface area contributed by atoms with Gasteiger partial charge in [0.25, 0.3) is 5.56 Å². The van der Waals surface area contributed by atoms with E-state index < -0.39 is 0 Å². The Balaban J connectivity index is 1.89. The molecule has 1 fully saturated rings. The van der Waals surface area contributed by atoms with Crippen LogP contribution < -0.4 is 5.56 Å². The molecule has 0 saturated carbocycles. The fraction of sp³-hybridized carbons (Fsp3) is 0.500. The van der Waals surface area contributed by atoms with E-state index in [9.17, 15) is 9.59 Å². The van der Waals surface area contributed by atoms with Crippen LogP contribution in [0, 0.1) is 5.92 Å². The van der Waals surface area contributed by atoms with Crippen molar-refractivity contribution in [3.8, 4) is 0 Å². The van der Waals surface area contributed by atoms with Gasteiger partial charge in [0.15, 0.2) is 5.16 Å². The number of benzene rings is 1. The fourth-order valence-electron chi connectivity index (χ4n) is 2.84. The number of nitrogens with zero attached hydrogens (tertiary/aromatic N) is 3. The molecule has 1 aliphatic rings. The Hall–Kier alpha value is -1.57. The zero-order valence-electron chi connectivity index (χ0n) is 14.9. The van der Waals surface area contributed by atoms with Gasteiger partial charge < -0.3 is 9.64 Å². The standard InChI is InChI=1S/C18H22ClN3O3S/c1-12(2)10-22-17(24)14-9-13(19)3-4-15(14)20-18(22)26-11-16(23)21-5-7-25-8-6-21/h3-4,9,12H,5-8,10-11H2,1-2H3. The molecule has 1 aromatic heterocycles. The van der Waals surface area contributed by atoms with Crippen LogP contribution in [0.3, 0.4) is 0 Å². The summed E-state index contributed by atoms with van der Waals surface area (Å²) in [5, 5.41) is 1.58. The van der Waals surface area contributed by atoms with Gasteiger partial charge in [-0.25, -0.2) is 4.98 Å². The largest absolute Gasteiger partial charge is 0.378 e. The minimum atomic E-state index is -0.118. The van der Waals surface area contributed by atoms with Gasteiger partial charge in [-0.1, -0.05) is 37.2 Å². The van der Waals surface area contributed by atoms with Crippen LogP contribution in [0.4, 0.5) is 0 Å². The van der Waals surface area contributed by atoms with E-state index in [1.54, 1.807) is 27.7 Å². The Labute approximate surface area is 161 Å². The minimum Gasteiger partial charge on any atom is -0.378 e. The lowest BCUT2D eigenvalue weighted by atomic mass is 10.2. The van der Waals surface area contributed by atoms with Crippen molar-refractivity contribution >= 4 is 40.2 Å². The number of carbonyl (C=O) groups excluding carboxylic acids is 1. The number of morpholine rings is 1. The SMILES string of the molecule is CC(C)Cn1c(SCC(=O)N2CCOCC2)nc2ccc(Cl)cc2c1=O. The summed E-state index contributed by atoms with van der Waals surface area (Å²) in [4.78, 5) is 31.8. The predicted molar refractivity (Wildman–Crippen MR) is 104 cm³/mol. The zero-order valence-corrected chi connectivity index (χ0v) is 16.5. The first kappa shape index (κ1) is 19.2. The normalized spacial score (nSPS) is 15.0. The van der Waals surface area contributed by atoms with E-state index in [-0.39, 0.29) is 23.1 Å². The van der Waals surface area contributed by atoms with Crippen molar-refractivity contribution in [1.82, 2.24) is 14.5 Å². The summed E-state index contributed by atoms with van der Waals surface area (Å²) in [6.45, 7) is 7.00. The monoisotopic (exact) mass is 395 g/mol. The van der Waals surface area contributed by atoms with Gasteiger partial charge in [-0.3, -0.25) is 14.2 Å². The lowest BCUT2D eigenvalue weighted by molar-refractivity contribution is -0.132. The highest BCUT2D eigenvalue weighted by atomic mass is 35.5. The van der Waals surface area contributed by atoms with E-state index in [2.05, 4.69) is 4.98 Å². The van der Waals surface area contributed by atoms with Gasteiger partial charge in [-0.05, 0) is 24.1 Å². The van der Waals surface area contributed by atoms with Crippen LogP contribution in [0.5, 0.6) is 0 Å². The fourth-order valence-corrected chi connectivity index (χ4v) is 3.92. The average molecular weight is 396 g/mol. The lowest BCUT2D eigenvalue weighted by Crippen LogP contribution is -2.41. The van der Waals surface area contributed by atoms with Crippen LogP contribution in [0.25, 0.3) is 10.9 Å². The molecular formula is C18H22ClN3O3S. The van der Waals surface area contributed by atoms with E-state index in [1.807, 2.05) is 13.8 Å². The van der Waals surface area contributed by atoms with Crippen LogP contribution in [0.15, 0.2) is 28.2 Å². The van der Waals surface area contributed by atoms with E-state index in [1.165, 1.54) is 11.8 Å². The number of thioether (sulfide) groups is 1. The smallest absolute Gasteiger partial charge is 0.262 e. The third-order valence-corrected chi connectivity index (χ3v) is 5.31. The molecule has 0 N–H and O–H groups in total. The first-order chi connectivity index (χ1) is 12.5. The summed E-state index contributed by atoms with van der Waals surface area (Å²) < 4.78 is 6.93. The Bertz CT molecular complexity index is 863. The van der Waals surface area contributed by atoms with Crippen molar-refractivity contribution in [3.63, 3.8) is 0 Å². The van der Waals surface area contributed by atoms with E-state index >= 15 is 0 Å². The minimum absolute atomic E-state index is 0.0415. The maximum atomic E-state index is 12.9. The van der Waals surface area contributed by atoms with Gasteiger partial charge in [0.1, 0.15) is 0 Å². The summed E-state index contributed by atoms with van der Waals surface area (Å²) in [6.07, 6.45) is 0. The topological polar surface area (TPSA) is 64.4 Å². The molecule has 8 heteroatoms. The Kier molecular flexibility index (Phi) is 6.21. The van der Waals surface area contributed by atoms with E-state index in [0.717, 1.165) is 0 Å². The molecule has 0 spiro atoms. The van der Waals surface area contributed by atoms with Crippen LogP contribution in [0.1, 0.15) is 13.8 Å². The third kappa shape index (κ3) is 4.39. The molecule has 140 valence electrons. The van der Waals surface area contributed by atoms with Crippen LogP contribution >= 0.6 is 23.4 Å². The number of hydrogen-bond donors (Lipinski definition) is 0. The van der Waals surface area contributed by atoms with Gasteiger partial charge >= 0.3 is 0 Å². The van der Waals surface area contributed by atoms with Crippen molar-refractivity contribution in [3.05, 3.63) is 33.6 Å². The molecule has 1 saturated heterocycles. The van der Waals surface area contributed by atoms with E-state index in [0.29, 0.717) is 53.9 Å². The molecule has 6 nitrogen and oxygen atoms in total. The molecule has 0 aliphatic carbocycles. The summed E-state index contributed by atoms with van der Waals surface area (Å²) in [5.41, 5.74) is 0.480. The molecular weight excluding hydrogens is 374 g/mol. The van der Waals surface area contributed by atoms with Crippen molar-refractivity contribution in [2.24, 2.45) is 5.92 Å². The third-order valence-electron chi connectivity index (χ3n) is 4.12. The second-order valence-electron chi connectivity index (χ2n) is 6.65. The van der Waals surface area contributed by atoms with Crippen molar-refractivity contribution in [2.75, 3.05) is 32.1 Å². The number of amides is 1. The van der Waals surface area contributed by atoms with Crippen LogP contribution in [-0.4, -0.2) is 52.4 Å². The van der Waals surface area contributed by atoms with Gasteiger partial charge in [0, 0.05) is 24.7 Å². The van der Waals surface area contributed by atoms with Gasteiger partial charge in [0.05, 0.1) is 29.9 Å². The highest BCUT2D eigenvalue weighted by Crippen LogP contribution is 2.21. The summed E-state index contributed by atoms with van der Waals surface area (Å²) in [7, 11) is 0. The molecule has 3 rings (SSSR count). The quantitative estimate of drug-likeness (QED) is 0.575. The number of fused-ring (bicyclic) bond motifs is 1. The van der Waals surface area contributed by atoms with Crippen molar-refractivity contribution in [1.29, 1.82) is 0 Å². The lowest BCUT2D eigenvalue weighted by Gasteiger charge is -2.26. The number of halogens is 1. The van der Waals surface area contributed by atoms with Gasteiger partial charge in [-0.15, -0.1) is 0 Å². The highest BCUT2D eigenvalue weighted by Gasteiger charge is 2.19. The molecule has 1 aromatic carbocycles. The number of ether oxygens (including phenoxy) is 1. The Morgan fingerprint density at radius 3 is 2.77 bits per heavy atom. The number of carbonyl (C=O) groups is 1. The molecule has 2 aromatic rings. The van der Waals surface area contributed by atoms with Crippen LogP contribution in [0.2, 0.25) is 5.02 Å². The summed E-state index contributed by atoms with van der Waals surface area (Å²) in [6, 6.07) is 5.11. The summed E-state index contributed by atoms with van der Waals surface area (Å²) in [5.74, 6) is 0.573. The second kappa shape index (κ2) is 8.41. The molecule has 0 bridgehead atoms. The molecule has 2 heterocycles. The maximum Gasteiger partial charge on any atom is 0.262 e. The van der Waals surface area contributed by atoms with Crippen molar-refractivity contribution in [2.45, 2.75) is 25.5 Å². The average Bonchev–Trinajstić information content (AvgIpc) is 2.63. The second-order valence-corrected chi connectivity index (χ2v) is 8.03. The first-order valence-corrected chi connectivity index (χ1v) is 10.0. The number of rotatable bonds is 5. The Morgan fingerprint density at radius 2 is 2.08 bits per heavy atom. The molecule has 26 heavy (non-hydrogen) atoms. The van der Waals surface area contributed by atoms with Crippen molar-refractivity contribution < 1.29 is 9.53 Å². The first-order valence-electron chi connectivity index (χ1n) is 8.64. The van der Waals surface area contributed by atoms with E-state index in [4.69, 9.17) is 16.3 Å². The van der Waals surface area contributed by atoms with Gasteiger partial charge in [0.2, 0.25) is 5.91 Å². The molecule has 0 atom stereocenters. The number of hydrogen-bond acceptors (Lipinski definition) is 5. The van der Waals surface area contributed by atoms with Crippen LogP contribution in [-0.2, 0) is 16.1 Å². The predicted octanol–water partition coefficient (Wildman–Crippen LogP) is 2.66. The highest BCUT2D eigenvalue weighted by molar-refractivity contribution is 7.99. The molecule has 0 unspecified atom stereocenters. The number of aromatic nitrogens is 2. The Morgan fingerprint density at radius 1 is 1.35 bits per heavy atom. The molecule has 1 aliphatic heterocycles. The van der Waals surface area contributed by atoms with Gasteiger partial charge in [-0.2, -0.15) is 0 Å². The molecule has 1 amide bonds. The molecule has 0 radical (unpaired) electrons.